The standard InChI is InChI=1S/C17H19N3O6S/c21-14(18-27)10-1-3-12(4-2-10)20-9-13(26-17(20)25)15(22)19-7-5-11(6-8-19)16(23)24/h1-4,11,13,27H,5-9H2,(H,18,21)(H,23,24). The smallest absolute Gasteiger partial charge is 0.415 e. The Bertz CT molecular complexity index is 760. The second-order valence-electron chi connectivity index (χ2n) is 6.41. The van der Waals surface area contributed by atoms with Crippen molar-refractivity contribution in [3.8, 4) is 0 Å². The van der Waals surface area contributed by atoms with E-state index in [0.717, 1.165) is 0 Å². The predicted octanol–water partition coefficient (Wildman–Crippen LogP) is 0.910. The molecule has 9 nitrogen and oxygen atoms in total. The molecular formula is C17H19N3O6S. The molecule has 1 unspecified atom stereocenters. The molecule has 2 fully saturated rings. The van der Waals surface area contributed by atoms with Crippen LogP contribution in [0.25, 0.3) is 0 Å². The minimum absolute atomic E-state index is 0.0641. The number of carboxylic acid groups (broad SMARTS) is 1. The van der Waals surface area contributed by atoms with E-state index in [2.05, 4.69) is 17.5 Å². The lowest BCUT2D eigenvalue weighted by atomic mass is 9.97. The number of nitrogens with zero attached hydrogens (tertiary/aromatic N) is 2. The second-order valence-corrected chi connectivity index (χ2v) is 6.63. The van der Waals surface area contributed by atoms with E-state index in [9.17, 15) is 19.2 Å². The zero-order valence-electron chi connectivity index (χ0n) is 14.3. The van der Waals surface area contributed by atoms with Gasteiger partial charge in [0, 0.05) is 24.3 Å². The molecular weight excluding hydrogens is 374 g/mol. The van der Waals surface area contributed by atoms with E-state index in [0.29, 0.717) is 37.2 Å². The maximum absolute atomic E-state index is 12.6. The van der Waals surface area contributed by atoms with Crippen LogP contribution >= 0.6 is 12.8 Å². The molecule has 0 spiro atoms. The molecule has 1 atom stereocenters. The highest BCUT2D eigenvalue weighted by Crippen LogP contribution is 2.25. The summed E-state index contributed by atoms with van der Waals surface area (Å²) in [6.45, 7) is 0.726. The predicted molar refractivity (Wildman–Crippen MR) is 97.4 cm³/mol. The van der Waals surface area contributed by atoms with Crippen LogP contribution in [0.3, 0.4) is 0 Å². The third-order valence-electron chi connectivity index (χ3n) is 4.79. The van der Waals surface area contributed by atoms with Crippen LogP contribution in [0.5, 0.6) is 0 Å². The van der Waals surface area contributed by atoms with Gasteiger partial charge in [0.2, 0.25) is 0 Å². The third kappa shape index (κ3) is 4.00. The summed E-state index contributed by atoms with van der Waals surface area (Å²) in [5, 5.41) is 9.03. The van der Waals surface area contributed by atoms with Crippen LogP contribution in [-0.4, -0.2) is 59.6 Å². The number of amides is 3. The molecule has 2 aliphatic rings. The Balaban J connectivity index is 1.62. The Labute approximate surface area is 160 Å². The first-order valence-corrected chi connectivity index (χ1v) is 8.89. The first-order chi connectivity index (χ1) is 12.9. The second kappa shape index (κ2) is 7.87. The zero-order valence-corrected chi connectivity index (χ0v) is 15.2. The van der Waals surface area contributed by atoms with Crippen LogP contribution in [0.15, 0.2) is 24.3 Å². The molecule has 0 bridgehead atoms. The van der Waals surface area contributed by atoms with Crippen LogP contribution in [-0.2, 0) is 14.3 Å². The number of carbonyl (C=O) groups excluding carboxylic acids is 3. The lowest BCUT2D eigenvalue weighted by Gasteiger charge is -2.31. The quantitative estimate of drug-likeness (QED) is 0.655. The summed E-state index contributed by atoms with van der Waals surface area (Å²) in [4.78, 5) is 50.1. The normalized spacial score (nSPS) is 20.3. The molecule has 0 saturated carbocycles. The topological polar surface area (TPSA) is 116 Å². The van der Waals surface area contributed by atoms with Crippen molar-refractivity contribution < 1.29 is 29.0 Å². The molecule has 2 heterocycles. The van der Waals surface area contributed by atoms with Crippen LogP contribution in [0.2, 0.25) is 0 Å². The number of thiol groups is 1. The molecule has 144 valence electrons. The largest absolute Gasteiger partial charge is 0.481 e. The van der Waals surface area contributed by atoms with Crippen LogP contribution in [0.1, 0.15) is 23.2 Å². The Hall–Kier alpha value is -2.75. The van der Waals surface area contributed by atoms with Crippen LogP contribution < -0.4 is 9.62 Å². The van der Waals surface area contributed by atoms with Gasteiger partial charge in [0.05, 0.1) is 12.5 Å². The van der Waals surface area contributed by atoms with Gasteiger partial charge >= 0.3 is 12.1 Å². The summed E-state index contributed by atoms with van der Waals surface area (Å²) in [6, 6.07) is 6.26. The molecule has 3 amide bonds. The van der Waals surface area contributed by atoms with Gasteiger partial charge in [0.25, 0.3) is 11.8 Å². The van der Waals surface area contributed by atoms with Crippen molar-refractivity contribution >= 4 is 42.4 Å². The summed E-state index contributed by atoms with van der Waals surface area (Å²) in [5.74, 6) is -1.98. The minimum atomic E-state index is -0.931. The van der Waals surface area contributed by atoms with Gasteiger partial charge in [-0.2, -0.15) is 0 Å². The molecule has 27 heavy (non-hydrogen) atoms. The van der Waals surface area contributed by atoms with Crippen LogP contribution in [0.4, 0.5) is 10.5 Å². The third-order valence-corrected chi connectivity index (χ3v) is 4.99. The summed E-state index contributed by atoms with van der Waals surface area (Å²) in [6.07, 6.45) is -0.792. The molecule has 10 heteroatoms. The number of aliphatic carboxylic acids is 1. The fourth-order valence-corrected chi connectivity index (χ4v) is 3.34. The van der Waals surface area contributed by atoms with Crippen molar-refractivity contribution in [3.05, 3.63) is 29.8 Å². The van der Waals surface area contributed by atoms with Gasteiger partial charge in [0.1, 0.15) is 0 Å². The number of carbonyl (C=O) groups is 4. The Morgan fingerprint density at radius 1 is 1.15 bits per heavy atom. The molecule has 2 aliphatic heterocycles. The van der Waals surface area contributed by atoms with Gasteiger partial charge in [-0.05, 0) is 37.1 Å². The zero-order chi connectivity index (χ0) is 19.6. The van der Waals surface area contributed by atoms with E-state index >= 15 is 0 Å². The first-order valence-electron chi connectivity index (χ1n) is 8.45. The van der Waals surface area contributed by atoms with E-state index in [1.807, 2.05) is 0 Å². The SMILES string of the molecule is O=C(NS)c1ccc(N2CC(C(=O)N3CCC(C(=O)O)CC3)OC2=O)cc1. The number of benzene rings is 1. The van der Waals surface area contributed by atoms with Crippen LogP contribution in [0, 0.1) is 5.92 Å². The number of hydrogen-bond acceptors (Lipinski definition) is 6. The highest BCUT2D eigenvalue weighted by Gasteiger charge is 2.40. The number of carboxylic acids is 1. The number of nitrogens with one attached hydrogen (secondary N) is 1. The molecule has 0 radical (unpaired) electrons. The lowest BCUT2D eigenvalue weighted by molar-refractivity contribution is -0.147. The number of hydrogen-bond donors (Lipinski definition) is 3. The maximum Gasteiger partial charge on any atom is 0.415 e. The number of ether oxygens (including phenoxy) is 1. The molecule has 1 aromatic rings. The minimum Gasteiger partial charge on any atom is -0.481 e. The molecule has 2 N–H and O–H groups in total. The average molecular weight is 393 g/mol. The number of piperidine rings is 1. The highest BCUT2D eigenvalue weighted by atomic mass is 32.1. The highest BCUT2D eigenvalue weighted by molar-refractivity contribution is 7.78. The van der Waals surface area contributed by atoms with E-state index in [-0.39, 0.29) is 18.4 Å². The molecule has 3 rings (SSSR count). The van der Waals surface area contributed by atoms with E-state index in [4.69, 9.17) is 9.84 Å². The maximum atomic E-state index is 12.6. The van der Waals surface area contributed by atoms with Crippen molar-refractivity contribution in [1.82, 2.24) is 9.62 Å². The van der Waals surface area contributed by atoms with Crippen molar-refractivity contribution in [1.29, 1.82) is 0 Å². The lowest BCUT2D eigenvalue weighted by Crippen LogP contribution is -2.46. The monoisotopic (exact) mass is 393 g/mol. The average Bonchev–Trinajstić information content (AvgIpc) is 3.08. The van der Waals surface area contributed by atoms with Gasteiger partial charge in [-0.15, -0.1) is 0 Å². The fraction of sp³-hybridized carbons (Fsp3) is 0.412. The Kier molecular flexibility index (Phi) is 5.54. The molecule has 1 aromatic carbocycles. The van der Waals surface area contributed by atoms with Crippen molar-refractivity contribution in [3.63, 3.8) is 0 Å². The number of anilines is 1. The van der Waals surface area contributed by atoms with E-state index < -0.39 is 24.1 Å². The Morgan fingerprint density at radius 3 is 2.33 bits per heavy atom. The first kappa shape index (κ1) is 19.0. The summed E-state index contributed by atoms with van der Waals surface area (Å²) in [7, 11) is 0. The number of likely N-dealkylation sites (tertiary alicyclic amines) is 1. The van der Waals surface area contributed by atoms with E-state index in [1.54, 1.807) is 29.2 Å². The molecule has 2 saturated heterocycles. The van der Waals surface area contributed by atoms with Crippen molar-refractivity contribution in [2.45, 2.75) is 18.9 Å². The van der Waals surface area contributed by atoms with Gasteiger partial charge in [-0.1, -0.05) is 12.8 Å². The fourth-order valence-electron chi connectivity index (χ4n) is 3.21. The molecule has 0 aliphatic carbocycles. The van der Waals surface area contributed by atoms with Gasteiger partial charge < -0.3 is 14.7 Å². The van der Waals surface area contributed by atoms with Gasteiger partial charge in [-0.25, -0.2) is 4.79 Å². The van der Waals surface area contributed by atoms with Crippen molar-refractivity contribution in [2.75, 3.05) is 24.5 Å². The van der Waals surface area contributed by atoms with Gasteiger partial charge in [0.15, 0.2) is 6.10 Å². The van der Waals surface area contributed by atoms with Gasteiger partial charge in [-0.3, -0.25) is 24.0 Å². The van der Waals surface area contributed by atoms with E-state index in [1.165, 1.54) is 4.90 Å². The molecule has 0 aromatic heterocycles. The van der Waals surface area contributed by atoms with Crippen molar-refractivity contribution in [2.24, 2.45) is 5.92 Å². The summed E-state index contributed by atoms with van der Waals surface area (Å²) >= 11 is 3.70. The Morgan fingerprint density at radius 2 is 1.78 bits per heavy atom. The summed E-state index contributed by atoms with van der Waals surface area (Å²) in [5.41, 5.74) is 0.894. The number of cyclic esters (lactones) is 1. The number of rotatable bonds is 4. The summed E-state index contributed by atoms with van der Waals surface area (Å²) < 4.78 is 7.42.